The number of phenolic OH excluding ortho intramolecular Hbond substituents is 1. The fourth-order valence-corrected chi connectivity index (χ4v) is 2.74. The SMILES string of the molecule is COc1cc([N+](=O)[O-])cc(/C=C2/C(=O)NN(c3ccc(C)c(C)c3)C2=O)c1O. The van der Waals surface area contributed by atoms with Gasteiger partial charge in [0.15, 0.2) is 11.5 Å². The van der Waals surface area contributed by atoms with Crippen molar-refractivity contribution in [3.05, 3.63) is 62.7 Å². The van der Waals surface area contributed by atoms with Crippen LogP contribution in [0.3, 0.4) is 0 Å². The van der Waals surface area contributed by atoms with E-state index in [1.807, 2.05) is 19.9 Å². The lowest BCUT2D eigenvalue weighted by molar-refractivity contribution is -0.385. The number of nitrogens with one attached hydrogen (secondary N) is 1. The van der Waals surface area contributed by atoms with E-state index in [4.69, 9.17) is 4.74 Å². The van der Waals surface area contributed by atoms with Crippen molar-refractivity contribution in [3.63, 3.8) is 0 Å². The summed E-state index contributed by atoms with van der Waals surface area (Å²) in [4.78, 5) is 35.5. The van der Waals surface area contributed by atoms with Crippen LogP contribution in [0.25, 0.3) is 6.08 Å². The number of methoxy groups -OCH3 is 1. The minimum absolute atomic E-state index is 0.0773. The molecule has 0 bridgehead atoms. The number of rotatable bonds is 4. The van der Waals surface area contributed by atoms with Gasteiger partial charge in [-0.15, -0.1) is 0 Å². The maximum absolute atomic E-state index is 12.7. The van der Waals surface area contributed by atoms with Crippen LogP contribution in [0.5, 0.6) is 11.5 Å². The smallest absolute Gasteiger partial charge is 0.282 e. The van der Waals surface area contributed by atoms with Crippen molar-refractivity contribution in [3.8, 4) is 11.5 Å². The molecule has 2 aromatic rings. The summed E-state index contributed by atoms with van der Waals surface area (Å²) in [7, 11) is 1.24. The Morgan fingerprint density at radius 2 is 1.89 bits per heavy atom. The molecule has 9 nitrogen and oxygen atoms in total. The van der Waals surface area contributed by atoms with Gasteiger partial charge in [0.1, 0.15) is 5.57 Å². The van der Waals surface area contributed by atoms with Crippen LogP contribution < -0.4 is 15.2 Å². The molecule has 3 rings (SSSR count). The van der Waals surface area contributed by atoms with Crippen molar-refractivity contribution >= 4 is 29.3 Å². The van der Waals surface area contributed by atoms with Gasteiger partial charge in [0, 0.05) is 11.6 Å². The molecule has 0 aliphatic carbocycles. The molecule has 144 valence electrons. The molecule has 2 amide bonds. The van der Waals surface area contributed by atoms with E-state index in [-0.39, 0.29) is 22.6 Å². The number of hydrazine groups is 1. The van der Waals surface area contributed by atoms with Gasteiger partial charge < -0.3 is 9.84 Å². The quantitative estimate of drug-likeness (QED) is 0.362. The van der Waals surface area contributed by atoms with Crippen LogP contribution in [-0.2, 0) is 9.59 Å². The number of non-ortho nitro benzene ring substituents is 1. The summed E-state index contributed by atoms with van der Waals surface area (Å²) >= 11 is 0. The van der Waals surface area contributed by atoms with Crippen molar-refractivity contribution in [2.75, 3.05) is 12.1 Å². The first-order chi connectivity index (χ1) is 13.2. The van der Waals surface area contributed by atoms with E-state index in [0.717, 1.165) is 34.3 Å². The molecule has 0 radical (unpaired) electrons. The standard InChI is InChI=1S/C19H17N3O6/c1-10-4-5-13(6-11(10)2)21-19(25)15(18(24)20-21)8-12-7-14(22(26)27)9-16(28-3)17(12)23/h4-9,23H,1-3H3,(H,20,24)/b15-8-. The molecule has 0 unspecified atom stereocenters. The Morgan fingerprint density at radius 3 is 2.50 bits per heavy atom. The van der Waals surface area contributed by atoms with Crippen LogP contribution in [-0.4, -0.2) is 29.0 Å². The monoisotopic (exact) mass is 383 g/mol. The van der Waals surface area contributed by atoms with Gasteiger partial charge in [0.25, 0.3) is 17.5 Å². The second kappa shape index (κ2) is 7.03. The highest BCUT2D eigenvalue weighted by molar-refractivity contribution is 6.31. The number of nitro groups is 1. The number of hydrogen-bond acceptors (Lipinski definition) is 6. The second-order valence-electron chi connectivity index (χ2n) is 6.25. The highest BCUT2D eigenvalue weighted by atomic mass is 16.6. The van der Waals surface area contributed by atoms with Crippen molar-refractivity contribution < 1.29 is 24.4 Å². The van der Waals surface area contributed by atoms with Crippen molar-refractivity contribution in [1.82, 2.24) is 5.43 Å². The first-order valence-corrected chi connectivity index (χ1v) is 8.22. The van der Waals surface area contributed by atoms with E-state index in [0.29, 0.717) is 5.69 Å². The fourth-order valence-electron chi connectivity index (χ4n) is 2.74. The summed E-state index contributed by atoms with van der Waals surface area (Å²) in [6, 6.07) is 7.38. The topological polar surface area (TPSA) is 122 Å². The third-order valence-corrected chi connectivity index (χ3v) is 4.46. The van der Waals surface area contributed by atoms with E-state index in [9.17, 15) is 24.8 Å². The number of aryl methyl sites for hydroxylation is 2. The number of ether oxygens (including phenoxy) is 1. The average Bonchev–Trinajstić information content (AvgIpc) is 2.93. The van der Waals surface area contributed by atoms with Gasteiger partial charge in [0.05, 0.1) is 23.8 Å². The largest absolute Gasteiger partial charge is 0.504 e. The number of benzene rings is 2. The van der Waals surface area contributed by atoms with E-state index >= 15 is 0 Å². The molecular weight excluding hydrogens is 366 g/mol. The van der Waals surface area contributed by atoms with E-state index in [2.05, 4.69) is 5.43 Å². The number of hydrogen-bond donors (Lipinski definition) is 2. The van der Waals surface area contributed by atoms with Gasteiger partial charge in [-0.1, -0.05) is 6.07 Å². The van der Waals surface area contributed by atoms with Crippen molar-refractivity contribution in [2.24, 2.45) is 0 Å². The Balaban J connectivity index is 2.04. The molecule has 1 aliphatic heterocycles. The van der Waals surface area contributed by atoms with Crippen molar-refractivity contribution in [1.29, 1.82) is 0 Å². The van der Waals surface area contributed by atoms with Gasteiger partial charge in [-0.05, 0) is 43.2 Å². The number of nitrogens with zero attached hydrogens (tertiary/aromatic N) is 2. The Labute approximate surface area is 160 Å². The number of amides is 2. The lowest BCUT2D eigenvalue weighted by Crippen LogP contribution is -2.35. The zero-order valence-corrected chi connectivity index (χ0v) is 15.3. The minimum atomic E-state index is -0.687. The third-order valence-electron chi connectivity index (χ3n) is 4.46. The summed E-state index contributed by atoms with van der Waals surface area (Å²) in [5, 5.41) is 22.4. The highest BCUT2D eigenvalue weighted by Crippen LogP contribution is 2.36. The minimum Gasteiger partial charge on any atom is -0.504 e. The summed E-state index contributed by atoms with van der Waals surface area (Å²) in [5.74, 6) is -1.88. The maximum atomic E-state index is 12.7. The molecule has 0 aromatic heterocycles. The van der Waals surface area contributed by atoms with Gasteiger partial charge in [-0.3, -0.25) is 25.1 Å². The number of phenols is 1. The molecule has 0 saturated carbocycles. The molecule has 0 spiro atoms. The van der Waals surface area contributed by atoms with Crippen molar-refractivity contribution in [2.45, 2.75) is 13.8 Å². The molecule has 2 aromatic carbocycles. The molecule has 1 fully saturated rings. The van der Waals surface area contributed by atoms with E-state index in [1.165, 1.54) is 7.11 Å². The first-order valence-electron chi connectivity index (χ1n) is 8.22. The van der Waals surface area contributed by atoms with Gasteiger partial charge in [-0.2, -0.15) is 0 Å². The predicted octanol–water partition coefficient (Wildman–Crippen LogP) is 2.39. The van der Waals surface area contributed by atoms with Crippen LogP contribution >= 0.6 is 0 Å². The van der Waals surface area contributed by atoms with Crippen LogP contribution in [0.4, 0.5) is 11.4 Å². The van der Waals surface area contributed by atoms with Crippen LogP contribution in [0.1, 0.15) is 16.7 Å². The summed E-state index contributed by atoms with van der Waals surface area (Å²) in [5.41, 5.74) is 4.21. The lowest BCUT2D eigenvalue weighted by Gasteiger charge is -2.16. The van der Waals surface area contributed by atoms with Crippen LogP contribution in [0.15, 0.2) is 35.9 Å². The average molecular weight is 383 g/mol. The van der Waals surface area contributed by atoms with E-state index < -0.39 is 22.5 Å². The molecule has 28 heavy (non-hydrogen) atoms. The van der Waals surface area contributed by atoms with E-state index in [1.54, 1.807) is 12.1 Å². The molecule has 0 atom stereocenters. The summed E-state index contributed by atoms with van der Waals surface area (Å²) < 4.78 is 4.93. The second-order valence-corrected chi connectivity index (χ2v) is 6.25. The molecule has 2 N–H and O–H groups in total. The van der Waals surface area contributed by atoms with Crippen LogP contribution in [0, 0.1) is 24.0 Å². The summed E-state index contributed by atoms with van der Waals surface area (Å²) in [6.45, 7) is 3.80. The Hall–Kier alpha value is -3.88. The number of carbonyl (C=O) groups excluding carboxylic acids is 2. The molecule has 1 saturated heterocycles. The maximum Gasteiger partial charge on any atom is 0.282 e. The number of carbonyl (C=O) groups is 2. The van der Waals surface area contributed by atoms with Crippen LogP contribution in [0.2, 0.25) is 0 Å². The number of nitro benzene ring substituents is 1. The molecule has 1 heterocycles. The zero-order chi connectivity index (χ0) is 20.6. The zero-order valence-electron chi connectivity index (χ0n) is 15.3. The highest BCUT2D eigenvalue weighted by Gasteiger charge is 2.35. The molecule has 9 heteroatoms. The molecular formula is C19H17N3O6. The Morgan fingerprint density at radius 1 is 1.18 bits per heavy atom. The number of anilines is 1. The number of aromatic hydroxyl groups is 1. The first kappa shape index (κ1) is 18.9. The normalized spacial score (nSPS) is 15.1. The van der Waals surface area contributed by atoms with Gasteiger partial charge in [-0.25, -0.2) is 5.01 Å². The Bertz CT molecular complexity index is 1040. The Kier molecular flexibility index (Phi) is 4.74. The molecule has 1 aliphatic rings. The predicted molar refractivity (Wildman–Crippen MR) is 101 cm³/mol. The van der Waals surface area contributed by atoms with Gasteiger partial charge in [0.2, 0.25) is 0 Å². The lowest BCUT2D eigenvalue weighted by atomic mass is 10.1. The fraction of sp³-hybridized carbons (Fsp3) is 0.158. The third kappa shape index (κ3) is 3.25. The summed E-state index contributed by atoms with van der Waals surface area (Å²) in [6.07, 6.45) is 1.10. The van der Waals surface area contributed by atoms with Gasteiger partial charge >= 0.3 is 0 Å².